The lowest BCUT2D eigenvalue weighted by atomic mass is 9.92. The van der Waals surface area contributed by atoms with Crippen molar-refractivity contribution in [2.24, 2.45) is 7.05 Å². The van der Waals surface area contributed by atoms with Gasteiger partial charge in [0.1, 0.15) is 5.69 Å². The minimum absolute atomic E-state index is 0.00958. The normalized spacial score (nSPS) is 11.7. The molecule has 0 amide bonds. The lowest BCUT2D eigenvalue weighted by Gasteiger charge is -2.28. The molecule has 1 aromatic rings. The van der Waals surface area contributed by atoms with Gasteiger partial charge in [0.05, 0.1) is 10.5 Å². The van der Waals surface area contributed by atoms with E-state index in [0.717, 1.165) is 12.8 Å². The van der Waals surface area contributed by atoms with Crippen LogP contribution in [-0.2, 0) is 13.5 Å². The highest BCUT2D eigenvalue weighted by Crippen LogP contribution is 2.29. The van der Waals surface area contributed by atoms with Crippen LogP contribution in [0.1, 0.15) is 52.1 Å². The van der Waals surface area contributed by atoms with E-state index in [-0.39, 0.29) is 12.2 Å². The van der Waals surface area contributed by atoms with Crippen molar-refractivity contribution in [1.29, 1.82) is 0 Å². The summed E-state index contributed by atoms with van der Waals surface area (Å²) in [6.45, 7) is 6.16. The molecular weight excluding hydrogens is 272 g/mol. The van der Waals surface area contributed by atoms with E-state index in [1.807, 2.05) is 20.8 Å². The van der Waals surface area contributed by atoms with Crippen LogP contribution in [0, 0.1) is 10.1 Å². The van der Waals surface area contributed by atoms with Gasteiger partial charge in [-0.2, -0.15) is 5.10 Å². The second kappa shape index (κ2) is 7.40. The van der Waals surface area contributed by atoms with Crippen molar-refractivity contribution in [1.82, 2.24) is 9.78 Å². The number of anilines is 1. The summed E-state index contributed by atoms with van der Waals surface area (Å²) in [5.41, 5.74) is -0.372. The van der Waals surface area contributed by atoms with Crippen molar-refractivity contribution >= 4 is 11.5 Å². The maximum atomic E-state index is 11.2. The standard InChI is InChI=1S/C14H26N4O3/c1-5-8-14(19,9-6-2)10-15-13-12(18(20)21)11(7-3)16-17(13)4/h15,19H,5-10H2,1-4H3. The van der Waals surface area contributed by atoms with Crippen LogP contribution in [0.25, 0.3) is 0 Å². The van der Waals surface area contributed by atoms with E-state index in [0.29, 0.717) is 30.8 Å². The molecular formula is C14H26N4O3. The van der Waals surface area contributed by atoms with Gasteiger partial charge in [0.2, 0.25) is 5.82 Å². The second-order valence-electron chi connectivity index (χ2n) is 5.46. The van der Waals surface area contributed by atoms with Crippen LogP contribution >= 0.6 is 0 Å². The lowest BCUT2D eigenvalue weighted by Crippen LogP contribution is -2.37. The van der Waals surface area contributed by atoms with Crippen LogP contribution in [0.5, 0.6) is 0 Å². The van der Waals surface area contributed by atoms with Crippen LogP contribution in [0.3, 0.4) is 0 Å². The molecule has 0 unspecified atom stereocenters. The van der Waals surface area contributed by atoms with Crippen molar-refractivity contribution in [2.45, 2.75) is 58.5 Å². The Morgan fingerprint density at radius 3 is 2.33 bits per heavy atom. The third-order valence-electron chi connectivity index (χ3n) is 3.63. The van der Waals surface area contributed by atoms with Crippen LogP contribution < -0.4 is 5.32 Å². The van der Waals surface area contributed by atoms with Crippen molar-refractivity contribution in [2.75, 3.05) is 11.9 Å². The quantitative estimate of drug-likeness (QED) is 0.540. The van der Waals surface area contributed by atoms with Gasteiger partial charge in [-0.25, -0.2) is 4.68 Å². The van der Waals surface area contributed by atoms with Crippen LogP contribution in [0.2, 0.25) is 0 Å². The van der Waals surface area contributed by atoms with Crippen molar-refractivity contribution in [3.63, 3.8) is 0 Å². The monoisotopic (exact) mass is 298 g/mol. The number of aliphatic hydroxyl groups is 1. The number of hydrogen-bond donors (Lipinski definition) is 2. The third kappa shape index (κ3) is 4.17. The molecule has 1 aromatic heterocycles. The fourth-order valence-corrected chi connectivity index (χ4v) is 2.68. The summed E-state index contributed by atoms with van der Waals surface area (Å²) in [6, 6.07) is 0. The smallest absolute Gasteiger partial charge is 0.333 e. The van der Waals surface area contributed by atoms with Crippen molar-refractivity contribution in [3.8, 4) is 0 Å². The number of rotatable bonds is 9. The average Bonchev–Trinajstić information content (AvgIpc) is 2.73. The summed E-state index contributed by atoms with van der Waals surface area (Å²) in [4.78, 5) is 10.8. The fraction of sp³-hybridized carbons (Fsp3) is 0.786. The molecule has 1 heterocycles. The first kappa shape index (κ1) is 17.4. The molecule has 0 aliphatic carbocycles. The highest BCUT2D eigenvalue weighted by molar-refractivity contribution is 5.60. The summed E-state index contributed by atoms with van der Waals surface area (Å²) in [5, 5.41) is 29.0. The van der Waals surface area contributed by atoms with E-state index in [9.17, 15) is 15.2 Å². The first-order valence-electron chi connectivity index (χ1n) is 7.55. The Labute approximate surface area is 125 Å². The van der Waals surface area contributed by atoms with Gasteiger partial charge in [0, 0.05) is 13.6 Å². The van der Waals surface area contributed by atoms with E-state index >= 15 is 0 Å². The maximum Gasteiger partial charge on any atom is 0.333 e. The van der Waals surface area contributed by atoms with Gasteiger partial charge in [-0.05, 0) is 19.3 Å². The number of hydrogen-bond acceptors (Lipinski definition) is 5. The van der Waals surface area contributed by atoms with Crippen LogP contribution in [-0.4, -0.2) is 32.0 Å². The number of nitrogens with one attached hydrogen (secondary N) is 1. The van der Waals surface area contributed by atoms with Crippen molar-refractivity contribution < 1.29 is 10.0 Å². The Morgan fingerprint density at radius 2 is 1.90 bits per heavy atom. The molecule has 0 saturated carbocycles. The number of aryl methyl sites for hydroxylation is 2. The molecule has 2 N–H and O–H groups in total. The highest BCUT2D eigenvalue weighted by atomic mass is 16.6. The molecule has 0 saturated heterocycles. The summed E-state index contributed by atoms with van der Waals surface area (Å²) in [6.07, 6.45) is 3.57. The highest BCUT2D eigenvalue weighted by Gasteiger charge is 2.29. The lowest BCUT2D eigenvalue weighted by molar-refractivity contribution is -0.384. The molecule has 0 fully saturated rings. The number of nitro groups is 1. The van der Waals surface area contributed by atoms with Gasteiger partial charge in [-0.1, -0.05) is 33.6 Å². The van der Waals surface area contributed by atoms with Gasteiger partial charge >= 0.3 is 5.69 Å². The van der Waals surface area contributed by atoms with Gasteiger partial charge in [0.25, 0.3) is 0 Å². The Hall–Kier alpha value is -1.63. The molecule has 7 nitrogen and oxygen atoms in total. The maximum absolute atomic E-state index is 11.2. The predicted molar refractivity (Wildman–Crippen MR) is 82.5 cm³/mol. The molecule has 21 heavy (non-hydrogen) atoms. The first-order chi connectivity index (χ1) is 9.88. The third-order valence-corrected chi connectivity index (χ3v) is 3.63. The summed E-state index contributed by atoms with van der Waals surface area (Å²) in [5.74, 6) is 0.363. The van der Waals surface area contributed by atoms with E-state index in [4.69, 9.17) is 0 Å². The molecule has 0 aromatic carbocycles. The first-order valence-corrected chi connectivity index (χ1v) is 7.55. The minimum atomic E-state index is -0.839. The predicted octanol–water partition coefficient (Wildman–Crippen LogP) is 2.63. The summed E-state index contributed by atoms with van der Waals surface area (Å²) in [7, 11) is 1.67. The molecule has 120 valence electrons. The molecule has 0 spiro atoms. The van der Waals surface area contributed by atoms with E-state index in [1.165, 1.54) is 4.68 Å². The SMILES string of the molecule is CCCC(O)(CCC)CNc1c([N+](=O)[O-])c(CC)nn1C. The molecule has 1 rings (SSSR count). The zero-order valence-corrected chi connectivity index (χ0v) is 13.3. The van der Waals surface area contributed by atoms with Gasteiger partial charge in [-0.3, -0.25) is 10.1 Å². The molecule has 0 radical (unpaired) electrons. The van der Waals surface area contributed by atoms with E-state index in [2.05, 4.69) is 10.4 Å². The Morgan fingerprint density at radius 1 is 1.33 bits per heavy atom. The van der Waals surface area contributed by atoms with E-state index in [1.54, 1.807) is 7.05 Å². The molecule has 0 bridgehead atoms. The molecule has 0 atom stereocenters. The van der Waals surface area contributed by atoms with Crippen LogP contribution in [0.15, 0.2) is 0 Å². The van der Waals surface area contributed by atoms with Gasteiger partial charge < -0.3 is 10.4 Å². The summed E-state index contributed by atoms with van der Waals surface area (Å²) >= 11 is 0. The van der Waals surface area contributed by atoms with Crippen LogP contribution in [0.4, 0.5) is 11.5 Å². The van der Waals surface area contributed by atoms with Gasteiger partial charge in [0.15, 0.2) is 0 Å². The summed E-state index contributed by atoms with van der Waals surface area (Å²) < 4.78 is 1.48. The van der Waals surface area contributed by atoms with Crippen molar-refractivity contribution in [3.05, 3.63) is 15.8 Å². The molecule has 0 aliphatic heterocycles. The zero-order chi connectivity index (χ0) is 16.0. The fourth-order valence-electron chi connectivity index (χ4n) is 2.68. The minimum Gasteiger partial charge on any atom is -0.388 e. The topological polar surface area (TPSA) is 93.2 Å². The zero-order valence-electron chi connectivity index (χ0n) is 13.3. The Bertz CT molecular complexity index is 479. The Kier molecular flexibility index (Phi) is 6.14. The second-order valence-corrected chi connectivity index (χ2v) is 5.46. The molecule has 7 heteroatoms. The largest absolute Gasteiger partial charge is 0.388 e. The van der Waals surface area contributed by atoms with E-state index < -0.39 is 10.5 Å². The van der Waals surface area contributed by atoms with Gasteiger partial charge in [-0.15, -0.1) is 0 Å². The number of nitrogens with zero attached hydrogens (tertiary/aromatic N) is 3. The molecule has 0 aliphatic rings. The number of aromatic nitrogens is 2. The average molecular weight is 298 g/mol. The Balaban J connectivity index is 2.97.